The van der Waals surface area contributed by atoms with E-state index in [-0.39, 0.29) is 5.78 Å². The van der Waals surface area contributed by atoms with E-state index in [1.807, 2.05) is 48.5 Å². The molecule has 2 nitrogen and oxygen atoms in total. The molecule has 3 aromatic rings. The van der Waals surface area contributed by atoms with Gasteiger partial charge in [0.1, 0.15) is 0 Å². The molecule has 23 heavy (non-hydrogen) atoms. The van der Waals surface area contributed by atoms with Crippen molar-refractivity contribution >= 4 is 5.78 Å². The molecule has 0 aliphatic heterocycles. The van der Waals surface area contributed by atoms with E-state index in [1.54, 1.807) is 6.20 Å². The predicted octanol–water partition coefficient (Wildman–Crippen LogP) is 4.87. The molecule has 0 N–H and O–H groups in total. The zero-order valence-electron chi connectivity index (χ0n) is 13.2. The number of benzene rings is 2. The highest BCUT2D eigenvalue weighted by Gasteiger charge is 2.13. The summed E-state index contributed by atoms with van der Waals surface area (Å²) in [6, 6.07) is 21.8. The molecule has 0 saturated heterocycles. The van der Waals surface area contributed by atoms with Gasteiger partial charge in [-0.15, -0.1) is 0 Å². The van der Waals surface area contributed by atoms with Crippen LogP contribution in [0.4, 0.5) is 0 Å². The van der Waals surface area contributed by atoms with Crippen LogP contribution in [0.2, 0.25) is 0 Å². The molecule has 0 amide bonds. The van der Waals surface area contributed by atoms with Gasteiger partial charge >= 0.3 is 0 Å². The van der Waals surface area contributed by atoms with E-state index >= 15 is 0 Å². The Morgan fingerprint density at radius 3 is 2.57 bits per heavy atom. The first-order valence-corrected chi connectivity index (χ1v) is 7.83. The zero-order valence-corrected chi connectivity index (χ0v) is 13.2. The number of carbonyl (C=O) groups is 1. The fraction of sp³-hybridized carbons (Fsp3) is 0.143. The van der Waals surface area contributed by atoms with E-state index in [0.29, 0.717) is 6.42 Å². The van der Waals surface area contributed by atoms with Gasteiger partial charge in [0.25, 0.3) is 0 Å². The molecule has 0 bridgehead atoms. The third-order valence-electron chi connectivity index (χ3n) is 3.89. The molecule has 114 valence electrons. The van der Waals surface area contributed by atoms with Crippen LogP contribution >= 0.6 is 0 Å². The topological polar surface area (TPSA) is 30.0 Å². The average molecular weight is 301 g/mol. The van der Waals surface area contributed by atoms with Crippen molar-refractivity contribution in [3.05, 3.63) is 89.6 Å². The third-order valence-corrected chi connectivity index (χ3v) is 3.89. The molecule has 0 radical (unpaired) electrons. The second-order valence-electron chi connectivity index (χ2n) is 5.67. The Bertz CT molecular complexity index is 809. The van der Waals surface area contributed by atoms with Crippen molar-refractivity contribution in [1.29, 1.82) is 0 Å². The van der Waals surface area contributed by atoms with Gasteiger partial charge in [0, 0.05) is 23.7 Å². The average Bonchev–Trinajstić information content (AvgIpc) is 2.60. The molecule has 2 aromatic carbocycles. The van der Waals surface area contributed by atoms with Crippen molar-refractivity contribution in [2.24, 2.45) is 0 Å². The SMILES string of the molecule is Cc1cccc(CCC(=O)c2ccccc2-c2ccccn2)c1. The Balaban J connectivity index is 1.80. The van der Waals surface area contributed by atoms with Crippen molar-refractivity contribution in [2.45, 2.75) is 19.8 Å². The van der Waals surface area contributed by atoms with Gasteiger partial charge in [0.05, 0.1) is 5.69 Å². The van der Waals surface area contributed by atoms with Crippen LogP contribution in [-0.2, 0) is 6.42 Å². The second-order valence-corrected chi connectivity index (χ2v) is 5.67. The molecular weight excluding hydrogens is 282 g/mol. The molecule has 1 heterocycles. The summed E-state index contributed by atoms with van der Waals surface area (Å²) in [6.45, 7) is 2.07. The first kappa shape index (κ1) is 15.2. The maximum Gasteiger partial charge on any atom is 0.163 e. The van der Waals surface area contributed by atoms with Crippen LogP contribution in [0.3, 0.4) is 0 Å². The monoisotopic (exact) mass is 301 g/mol. The minimum Gasteiger partial charge on any atom is -0.294 e. The predicted molar refractivity (Wildman–Crippen MR) is 93.5 cm³/mol. The number of aryl methyl sites for hydroxylation is 2. The van der Waals surface area contributed by atoms with E-state index in [1.165, 1.54) is 11.1 Å². The summed E-state index contributed by atoms with van der Waals surface area (Å²) in [5.74, 6) is 0.160. The van der Waals surface area contributed by atoms with Crippen LogP contribution in [0.1, 0.15) is 27.9 Å². The molecule has 0 aliphatic rings. The van der Waals surface area contributed by atoms with Crippen LogP contribution < -0.4 is 0 Å². The van der Waals surface area contributed by atoms with Crippen molar-refractivity contribution < 1.29 is 4.79 Å². The third kappa shape index (κ3) is 3.72. The Kier molecular flexibility index (Phi) is 4.62. The van der Waals surface area contributed by atoms with E-state index in [0.717, 1.165) is 23.2 Å². The van der Waals surface area contributed by atoms with Gasteiger partial charge in [-0.3, -0.25) is 9.78 Å². The largest absolute Gasteiger partial charge is 0.294 e. The van der Waals surface area contributed by atoms with Crippen molar-refractivity contribution in [2.75, 3.05) is 0 Å². The molecule has 0 spiro atoms. The Morgan fingerprint density at radius 1 is 0.957 bits per heavy atom. The fourth-order valence-corrected chi connectivity index (χ4v) is 2.73. The highest BCUT2D eigenvalue weighted by Crippen LogP contribution is 2.23. The summed E-state index contributed by atoms with van der Waals surface area (Å²) in [5.41, 5.74) is 4.92. The Hall–Kier alpha value is -2.74. The van der Waals surface area contributed by atoms with Gasteiger partial charge < -0.3 is 0 Å². The van der Waals surface area contributed by atoms with E-state index in [9.17, 15) is 4.79 Å². The molecule has 0 atom stereocenters. The fourth-order valence-electron chi connectivity index (χ4n) is 2.73. The van der Waals surface area contributed by atoms with Crippen LogP contribution in [0.5, 0.6) is 0 Å². The number of aromatic nitrogens is 1. The molecule has 0 saturated carbocycles. The number of pyridine rings is 1. The summed E-state index contributed by atoms with van der Waals surface area (Å²) in [6.07, 6.45) is 3.02. The lowest BCUT2D eigenvalue weighted by Crippen LogP contribution is -2.04. The molecule has 0 unspecified atom stereocenters. The second kappa shape index (κ2) is 7.01. The summed E-state index contributed by atoms with van der Waals surface area (Å²) in [7, 11) is 0. The molecule has 3 rings (SSSR count). The van der Waals surface area contributed by atoms with Crippen LogP contribution in [0.15, 0.2) is 72.9 Å². The Morgan fingerprint density at radius 2 is 1.78 bits per heavy atom. The number of rotatable bonds is 5. The van der Waals surface area contributed by atoms with Crippen molar-refractivity contribution in [3.63, 3.8) is 0 Å². The number of ketones is 1. The lowest BCUT2D eigenvalue weighted by atomic mass is 9.96. The van der Waals surface area contributed by atoms with E-state index in [4.69, 9.17) is 0 Å². The molecule has 0 aliphatic carbocycles. The van der Waals surface area contributed by atoms with Crippen molar-refractivity contribution in [3.8, 4) is 11.3 Å². The summed E-state index contributed by atoms with van der Waals surface area (Å²) in [4.78, 5) is 17.0. The van der Waals surface area contributed by atoms with Crippen molar-refractivity contribution in [1.82, 2.24) is 4.98 Å². The first-order chi connectivity index (χ1) is 11.2. The van der Waals surface area contributed by atoms with E-state index < -0.39 is 0 Å². The van der Waals surface area contributed by atoms with Gasteiger partial charge in [-0.2, -0.15) is 0 Å². The highest BCUT2D eigenvalue weighted by atomic mass is 16.1. The molecule has 2 heteroatoms. The minimum absolute atomic E-state index is 0.160. The van der Waals surface area contributed by atoms with Crippen LogP contribution in [0, 0.1) is 6.92 Å². The summed E-state index contributed by atoms with van der Waals surface area (Å²) in [5, 5.41) is 0. The lowest BCUT2D eigenvalue weighted by molar-refractivity contribution is 0.0983. The Labute approximate surface area is 136 Å². The maximum atomic E-state index is 12.7. The number of hydrogen-bond donors (Lipinski definition) is 0. The normalized spacial score (nSPS) is 10.5. The molecule has 0 fully saturated rings. The highest BCUT2D eigenvalue weighted by molar-refractivity contribution is 6.02. The van der Waals surface area contributed by atoms with Gasteiger partial charge in [0.2, 0.25) is 0 Å². The summed E-state index contributed by atoms with van der Waals surface area (Å²) >= 11 is 0. The van der Waals surface area contributed by atoms with Gasteiger partial charge in [0.15, 0.2) is 5.78 Å². The summed E-state index contributed by atoms with van der Waals surface area (Å²) < 4.78 is 0. The van der Waals surface area contributed by atoms with Crippen LogP contribution in [0.25, 0.3) is 11.3 Å². The van der Waals surface area contributed by atoms with Gasteiger partial charge in [-0.25, -0.2) is 0 Å². The first-order valence-electron chi connectivity index (χ1n) is 7.83. The maximum absolute atomic E-state index is 12.7. The standard InChI is InChI=1S/C21H19NO/c1-16-7-6-8-17(15-16)12-13-21(23)19-10-3-2-9-18(19)20-11-4-5-14-22-20/h2-11,14-15H,12-13H2,1H3. The quantitative estimate of drug-likeness (QED) is 0.629. The number of Topliss-reactive ketones (excluding diaryl/α,β-unsaturated/α-hetero) is 1. The lowest BCUT2D eigenvalue weighted by Gasteiger charge is -2.08. The zero-order chi connectivity index (χ0) is 16.1. The van der Waals surface area contributed by atoms with Crippen LogP contribution in [-0.4, -0.2) is 10.8 Å². The molecular formula is C21H19NO. The number of nitrogens with zero attached hydrogens (tertiary/aromatic N) is 1. The van der Waals surface area contributed by atoms with Gasteiger partial charge in [-0.05, 0) is 31.0 Å². The smallest absolute Gasteiger partial charge is 0.163 e. The minimum atomic E-state index is 0.160. The number of hydrogen-bond acceptors (Lipinski definition) is 2. The molecule has 1 aromatic heterocycles. The number of carbonyl (C=O) groups excluding carboxylic acids is 1. The van der Waals surface area contributed by atoms with Gasteiger partial charge in [-0.1, -0.05) is 60.2 Å². The van der Waals surface area contributed by atoms with E-state index in [2.05, 4.69) is 30.1 Å².